The average molecular weight is 501 g/mol. The second-order valence-corrected chi connectivity index (χ2v) is 8.26. The third-order valence-electron chi connectivity index (χ3n) is 4.06. The maximum absolute atomic E-state index is 14.4. The summed E-state index contributed by atoms with van der Waals surface area (Å²) in [7, 11) is 0. The van der Waals surface area contributed by atoms with Crippen molar-refractivity contribution in [3.63, 3.8) is 0 Å². The van der Waals surface area contributed by atoms with Crippen LogP contribution in [-0.2, 0) is 11.2 Å². The summed E-state index contributed by atoms with van der Waals surface area (Å²) in [5, 5.41) is 13.5. The Kier molecular flexibility index (Phi) is 6.66. The van der Waals surface area contributed by atoms with E-state index in [2.05, 4.69) is 21.2 Å². The molecular formula is C20H13BrClF2NO3S. The van der Waals surface area contributed by atoms with Crippen LogP contribution in [0.25, 0.3) is 10.4 Å². The molecule has 3 rings (SSSR count). The zero-order chi connectivity index (χ0) is 21.1. The smallest absolute Gasteiger partial charge is 0.339 e. The molecule has 0 aliphatic carbocycles. The minimum atomic E-state index is -2.04. The van der Waals surface area contributed by atoms with Gasteiger partial charge in [0.25, 0.3) is 5.91 Å². The quantitative estimate of drug-likeness (QED) is 0.424. The molecule has 0 saturated heterocycles. The number of halogens is 4. The van der Waals surface area contributed by atoms with Gasteiger partial charge in [-0.25, -0.2) is 13.6 Å². The lowest BCUT2D eigenvalue weighted by molar-refractivity contribution is -0.120. The van der Waals surface area contributed by atoms with Crippen LogP contribution in [0.4, 0.5) is 14.5 Å². The van der Waals surface area contributed by atoms with E-state index in [4.69, 9.17) is 11.6 Å². The Bertz CT molecular complexity index is 1070. The highest BCUT2D eigenvalue weighted by Gasteiger charge is 2.25. The first kappa shape index (κ1) is 21.4. The number of carbonyl (C=O) groups excluding carboxylic acids is 1. The Labute approximate surface area is 182 Å². The summed E-state index contributed by atoms with van der Waals surface area (Å²) in [4.78, 5) is 24.5. The first-order chi connectivity index (χ1) is 13.8. The van der Waals surface area contributed by atoms with Crippen LogP contribution in [0.15, 0.2) is 52.3 Å². The first-order valence-electron chi connectivity index (χ1n) is 8.26. The van der Waals surface area contributed by atoms with Gasteiger partial charge >= 0.3 is 5.97 Å². The topological polar surface area (TPSA) is 66.4 Å². The number of hydrogen-bond donors (Lipinski definition) is 2. The van der Waals surface area contributed by atoms with Crippen molar-refractivity contribution < 1.29 is 23.5 Å². The van der Waals surface area contributed by atoms with Crippen LogP contribution >= 0.6 is 38.9 Å². The van der Waals surface area contributed by atoms with Gasteiger partial charge in [-0.3, -0.25) is 4.79 Å². The zero-order valence-electron chi connectivity index (χ0n) is 14.6. The lowest BCUT2D eigenvalue weighted by Crippen LogP contribution is -2.26. The molecule has 2 N–H and O–H groups in total. The molecule has 4 nitrogen and oxygen atoms in total. The van der Waals surface area contributed by atoms with Crippen LogP contribution in [0, 0.1) is 5.82 Å². The van der Waals surface area contributed by atoms with Gasteiger partial charge in [-0.05, 0) is 41.5 Å². The fourth-order valence-corrected chi connectivity index (χ4v) is 4.13. The van der Waals surface area contributed by atoms with Gasteiger partial charge in [0.15, 0.2) is 6.17 Å². The molecular weight excluding hydrogens is 488 g/mol. The SMILES string of the molecule is O=C(O)c1c(NC(=O)C(F)Cc2cc(F)ccc2Cl)csc1-c1ccc(Br)cc1. The molecule has 0 saturated carbocycles. The van der Waals surface area contributed by atoms with E-state index in [1.54, 1.807) is 24.3 Å². The summed E-state index contributed by atoms with van der Waals surface area (Å²) in [6.45, 7) is 0. The van der Waals surface area contributed by atoms with Crippen LogP contribution in [0.1, 0.15) is 15.9 Å². The van der Waals surface area contributed by atoms with E-state index in [9.17, 15) is 23.5 Å². The third kappa shape index (κ3) is 5.01. The molecule has 0 radical (unpaired) electrons. The van der Waals surface area contributed by atoms with E-state index in [1.807, 2.05) is 0 Å². The molecule has 1 atom stereocenters. The van der Waals surface area contributed by atoms with E-state index in [1.165, 1.54) is 11.4 Å². The number of hydrogen-bond acceptors (Lipinski definition) is 3. The first-order valence-corrected chi connectivity index (χ1v) is 10.3. The van der Waals surface area contributed by atoms with Gasteiger partial charge < -0.3 is 10.4 Å². The van der Waals surface area contributed by atoms with Gasteiger partial charge in [-0.1, -0.05) is 39.7 Å². The van der Waals surface area contributed by atoms with E-state index >= 15 is 0 Å². The molecule has 0 aliphatic heterocycles. The van der Waals surface area contributed by atoms with Crippen molar-refractivity contribution in [1.82, 2.24) is 0 Å². The Balaban J connectivity index is 1.82. The number of aromatic carboxylic acids is 1. The predicted octanol–water partition coefficient (Wildman–Crippen LogP) is 6.19. The highest BCUT2D eigenvalue weighted by molar-refractivity contribution is 9.10. The molecule has 3 aromatic rings. The highest BCUT2D eigenvalue weighted by atomic mass is 79.9. The molecule has 1 aromatic heterocycles. The van der Waals surface area contributed by atoms with Crippen LogP contribution in [0.5, 0.6) is 0 Å². The molecule has 0 bridgehead atoms. The normalized spacial score (nSPS) is 11.9. The summed E-state index contributed by atoms with van der Waals surface area (Å²) in [6, 6.07) is 10.5. The number of anilines is 1. The number of carbonyl (C=O) groups is 2. The molecule has 9 heteroatoms. The van der Waals surface area contributed by atoms with Gasteiger partial charge in [0.05, 0.1) is 10.6 Å². The second kappa shape index (κ2) is 9.02. The fraction of sp³-hybridized carbons (Fsp3) is 0.100. The molecule has 0 aliphatic rings. The number of alkyl halides is 1. The Morgan fingerprint density at radius 1 is 1.21 bits per heavy atom. The number of rotatable bonds is 6. The predicted molar refractivity (Wildman–Crippen MR) is 113 cm³/mol. The highest BCUT2D eigenvalue weighted by Crippen LogP contribution is 2.36. The monoisotopic (exact) mass is 499 g/mol. The third-order valence-corrected chi connectivity index (χ3v) is 5.99. The number of carboxylic acids is 1. The minimum Gasteiger partial charge on any atom is -0.478 e. The maximum atomic E-state index is 14.4. The molecule has 1 heterocycles. The summed E-state index contributed by atoms with van der Waals surface area (Å²) in [5.74, 6) is -2.88. The van der Waals surface area contributed by atoms with E-state index in [0.717, 1.165) is 27.9 Å². The van der Waals surface area contributed by atoms with Crippen molar-refractivity contribution in [1.29, 1.82) is 0 Å². The van der Waals surface area contributed by atoms with Crippen molar-refractivity contribution in [2.75, 3.05) is 5.32 Å². The molecule has 150 valence electrons. The van der Waals surface area contributed by atoms with Gasteiger partial charge in [0, 0.05) is 21.3 Å². The van der Waals surface area contributed by atoms with Crippen LogP contribution < -0.4 is 5.32 Å². The van der Waals surface area contributed by atoms with Gasteiger partial charge in [-0.2, -0.15) is 0 Å². The van der Waals surface area contributed by atoms with Gasteiger partial charge in [-0.15, -0.1) is 11.3 Å². The Hall–Kier alpha value is -2.29. The van der Waals surface area contributed by atoms with Crippen molar-refractivity contribution in [3.8, 4) is 10.4 Å². The minimum absolute atomic E-state index is 0.00147. The number of carboxylic acid groups (broad SMARTS) is 1. The standard InChI is InChI=1S/C20H13BrClF2NO3S/c21-12-3-1-10(2-4-12)18-17(20(27)28)16(9-29-18)25-19(26)15(24)8-11-7-13(23)5-6-14(11)22/h1-7,9,15H,8H2,(H,25,26)(H,27,28). The van der Waals surface area contributed by atoms with Gasteiger partial charge in [0.1, 0.15) is 11.4 Å². The molecule has 1 unspecified atom stereocenters. The number of nitrogens with one attached hydrogen (secondary N) is 1. The van der Waals surface area contributed by atoms with Crippen molar-refractivity contribution in [3.05, 3.63) is 74.3 Å². The maximum Gasteiger partial charge on any atom is 0.339 e. The molecule has 1 amide bonds. The van der Waals surface area contributed by atoms with Crippen LogP contribution in [0.2, 0.25) is 5.02 Å². The fourth-order valence-electron chi connectivity index (χ4n) is 2.67. The Morgan fingerprint density at radius 3 is 2.55 bits per heavy atom. The molecule has 0 fully saturated rings. The summed E-state index contributed by atoms with van der Waals surface area (Å²) in [6.07, 6.45) is -2.47. The Morgan fingerprint density at radius 2 is 1.90 bits per heavy atom. The van der Waals surface area contributed by atoms with Crippen LogP contribution in [0.3, 0.4) is 0 Å². The summed E-state index contributed by atoms with van der Waals surface area (Å²) < 4.78 is 28.6. The lowest BCUT2D eigenvalue weighted by atomic mass is 10.1. The van der Waals surface area contributed by atoms with Crippen molar-refractivity contribution in [2.24, 2.45) is 0 Å². The number of thiophene rings is 1. The summed E-state index contributed by atoms with van der Waals surface area (Å²) >= 11 is 10.3. The van der Waals surface area contributed by atoms with Crippen molar-refractivity contribution in [2.45, 2.75) is 12.6 Å². The average Bonchev–Trinajstić information content (AvgIpc) is 3.09. The molecule has 0 spiro atoms. The molecule has 2 aromatic carbocycles. The second-order valence-electron chi connectivity index (χ2n) is 6.06. The lowest BCUT2D eigenvalue weighted by Gasteiger charge is -2.11. The molecule has 29 heavy (non-hydrogen) atoms. The summed E-state index contributed by atoms with van der Waals surface area (Å²) in [5.41, 5.74) is 0.674. The largest absolute Gasteiger partial charge is 0.478 e. The number of benzene rings is 2. The van der Waals surface area contributed by atoms with E-state index in [0.29, 0.717) is 10.4 Å². The van der Waals surface area contributed by atoms with E-state index < -0.39 is 30.3 Å². The van der Waals surface area contributed by atoms with E-state index in [-0.39, 0.29) is 21.8 Å². The van der Waals surface area contributed by atoms with Gasteiger partial charge in [0.2, 0.25) is 0 Å². The zero-order valence-corrected chi connectivity index (χ0v) is 17.7. The van der Waals surface area contributed by atoms with Crippen LogP contribution in [-0.4, -0.2) is 23.2 Å². The van der Waals surface area contributed by atoms with Crippen molar-refractivity contribution >= 4 is 56.4 Å². The number of amides is 1.